The first-order chi connectivity index (χ1) is 4.43. The number of allylic oxidation sites excluding steroid dienone is 2. The molecule has 0 atom stereocenters. The van der Waals surface area contributed by atoms with Crippen molar-refractivity contribution in [3.05, 3.63) is 24.4 Å². The minimum absolute atomic E-state index is 0.709. The second-order valence-corrected chi connectivity index (χ2v) is 1.90. The molecular weight excluding hydrogens is 110 g/mol. The summed E-state index contributed by atoms with van der Waals surface area (Å²) in [7, 11) is 0. The predicted molar refractivity (Wildman–Crippen MR) is 38.7 cm³/mol. The van der Waals surface area contributed by atoms with Crippen LogP contribution in [0.15, 0.2) is 24.4 Å². The number of terminal acetylenes is 1. The number of nitrogens with zero attached hydrogens (tertiary/aromatic N) is 1. The quantitative estimate of drug-likeness (QED) is 0.465. The molecule has 9 heavy (non-hydrogen) atoms. The molecule has 0 fully saturated rings. The molecule has 0 unspecified atom stereocenters. The molecule has 0 radical (unpaired) electrons. The van der Waals surface area contributed by atoms with Gasteiger partial charge in [0, 0.05) is 12.7 Å². The molecule has 1 heterocycles. The molecule has 0 bridgehead atoms. The summed E-state index contributed by atoms with van der Waals surface area (Å²) in [6.45, 7) is 1.65. The summed E-state index contributed by atoms with van der Waals surface area (Å²) in [4.78, 5) is 2.07. The molecule has 1 heteroatoms. The molecule has 1 nitrogen and oxygen atoms in total. The minimum atomic E-state index is 0.709. The molecule has 1 rings (SSSR count). The van der Waals surface area contributed by atoms with Gasteiger partial charge < -0.3 is 4.90 Å². The molecule has 1 aliphatic heterocycles. The lowest BCUT2D eigenvalue weighted by Gasteiger charge is -2.16. The fourth-order valence-corrected chi connectivity index (χ4v) is 0.742. The molecule has 0 amide bonds. The van der Waals surface area contributed by atoms with E-state index in [9.17, 15) is 0 Å². The Morgan fingerprint density at radius 1 is 1.56 bits per heavy atom. The van der Waals surface area contributed by atoms with Crippen LogP contribution in [0.2, 0.25) is 0 Å². The van der Waals surface area contributed by atoms with E-state index in [1.54, 1.807) is 0 Å². The van der Waals surface area contributed by atoms with Crippen LogP contribution in [0.5, 0.6) is 0 Å². The van der Waals surface area contributed by atoms with Gasteiger partial charge in [-0.25, -0.2) is 0 Å². The van der Waals surface area contributed by atoms with Gasteiger partial charge >= 0.3 is 0 Å². The first kappa shape index (κ1) is 5.97. The van der Waals surface area contributed by atoms with E-state index in [4.69, 9.17) is 6.42 Å². The van der Waals surface area contributed by atoms with Crippen LogP contribution in [-0.2, 0) is 0 Å². The van der Waals surface area contributed by atoms with E-state index in [0.29, 0.717) is 6.54 Å². The zero-order chi connectivity index (χ0) is 6.53. The Kier molecular flexibility index (Phi) is 1.98. The Bertz CT molecular complexity index is 171. The van der Waals surface area contributed by atoms with E-state index in [2.05, 4.69) is 16.9 Å². The Morgan fingerprint density at radius 2 is 2.44 bits per heavy atom. The Hall–Kier alpha value is -1.16. The van der Waals surface area contributed by atoms with Gasteiger partial charge in [-0.05, 0) is 6.08 Å². The van der Waals surface area contributed by atoms with E-state index < -0.39 is 0 Å². The fraction of sp³-hybridized carbons (Fsp3) is 0.250. The fourth-order valence-electron chi connectivity index (χ4n) is 0.742. The van der Waals surface area contributed by atoms with Gasteiger partial charge in [0.2, 0.25) is 0 Å². The summed E-state index contributed by atoms with van der Waals surface area (Å²) >= 11 is 0. The van der Waals surface area contributed by atoms with Crippen molar-refractivity contribution in [2.45, 2.75) is 0 Å². The number of hydrogen-bond acceptors (Lipinski definition) is 1. The molecule has 0 saturated heterocycles. The summed E-state index contributed by atoms with van der Waals surface area (Å²) < 4.78 is 0. The highest BCUT2D eigenvalue weighted by atomic mass is 15.1. The summed E-state index contributed by atoms with van der Waals surface area (Å²) in [5, 5.41) is 0. The molecule has 0 aliphatic carbocycles. The van der Waals surface area contributed by atoms with Crippen molar-refractivity contribution in [2.24, 2.45) is 0 Å². The van der Waals surface area contributed by atoms with E-state index in [1.807, 2.05) is 18.4 Å². The van der Waals surface area contributed by atoms with Crippen molar-refractivity contribution in [3.63, 3.8) is 0 Å². The highest BCUT2D eigenvalue weighted by molar-refractivity contribution is 5.10. The van der Waals surface area contributed by atoms with E-state index >= 15 is 0 Å². The first-order valence-corrected chi connectivity index (χ1v) is 2.94. The van der Waals surface area contributed by atoms with Gasteiger partial charge in [-0.3, -0.25) is 0 Å². The Morgan fingerprint density at radius 3 is 3.00 bits per heavy atom. The molecule has 0 aromatic rings. The van der Waals surface area contributed by atoms with Crippen molar-refractivity contribution < 1.29 is 0 Å². The molecule has 0 spiro atoms. The van der Waals surface area contributed by atoms with Crippen LogP contribution in [0.3, 0.4) is 0 Å². The third kappa shape index (κ3) is 1.65. The number of hydrogen-bond donors (Lipinski definition) is 0. The molecule has 46 valence electrons. The van der Waals surface area contributed by atoms with Gasteiger partial charge in [0.05, 0.1) is 6.54 Å². The second-order valence-electron chi connectivity index (χ2n) is 1.90. The SMILES string of the molecule is C#CCN1C=CC=CC1. The van der Waals surface area contributed by atoms with E-state index in [-0.39, 0.29) is 0 Å². The predicted octanol–water partition coefficient (Wildman–Crippen LogP) is 1.01. The minimum Gasteiger partial charge on any atom is -0.363 e. The maximum absolute atomic E-state index is 5.11. The van der Waals surface area contributed by atoms with Crippen LogP contribution in [0.25, 0.3) is 0 Å². The third-order valence-electron chi connectivity index (χ3n) is 1.18. The monoisotopic (exact) mass is 119 g/mol. The first-order valence-electron chi connectivity index (χ1n) is 2.94. The topological polar surface area (TPSA) is 3.24 Å². The normalized spacial score (nSPS) is 15.7. The third-order valence-corrected chi connectivity index (χ3v) is 1.18. The molecule has 1 aliphatic rings. The van der Waals surface area contributed by atoms with Crippen LogP contribution in [0, 0.1) is 12.3 Å². The van der Waals surface area contributed by atoms with Gasteiger partial charge in [-0.2, -0.15) is 0 Å². The lowest BCUT2D eigenvalue weighted by molar-refractivity contribution is 0.465. The van der Waals surface area contributed by atoms with Crippen LogP contribution in [0.1, 0.15) is 0 Å². The molecule has 0 aromatic carbocycles. The lowest BCUT2D eigenvalue weighted by atomic mass is 10.3. The van der Waals surface area contributed by atoms with Crippen molar-refractivity contribution >= 4 is 0 Å². The summed E-state index contributed by atoms with van der Waals surface area (Å²) in [6, 6.07) is 0. The van der Waals surface area contributed by atoms with Gasteiger partial charge in [-0.1, -0.05) is 18.1 Å². The second kappa shape index (κ2) is 2.99. The average molecular weight is 119 g/mol. The van der Waals surface area contributed by atoms with Crippen LogP contribution in [-0.4, -0.2) is 18.0 Å². The lowest BCUT2D eigenvalue weighted by Crippen LogP contribution is -2.18. The van der Waals surface area contributed by atoms with Crippen LogP contribution < -0.4 is 0 Å². The van der Waals surface area contributed by atoms with Crippen LogP contribution >= 0.6 is 0 Å². The van der Waals surface area contributed by atoms with Crippen LogP contribution in [0.4, 0.5) is 0 Å². The van der Waals surface area contributed by atoms with Gasteiger partial charge in [0.25, 0.3) is 0 Å². The Balaban J connectivity index is 2.39. The van der Waals surface area contributed by atoms with Crippen molar-refractivity contribution in [3.8, 4) is 12.3 Å². The summed E-state index contributed by atoms with van der Waals surface area (Å²) in [5.74, 6) is 2.58. The largest absolute Gasteiger partial charge is 0.363 e. The standard InChI is InChI=1S/C8H9N/c1-2-6-9-7-4-3-5-8-9/h1,3-5,7H,6,8H2. The van der Waals surface area contributed by atoms with Gasteiger partial charge in [0.1, 0.15) is 0 Å². The molecular formula is C8H9N. The highest BCUT2D eigenvalue weighted by Crippen LogP contribution is 1.95. The van der Waals surface area contributed by atoms with Gasteiger partial charge in [-0.15, -0.1) is 6.42 Å². The maximum atomic E-state index is 5.11. The van der Waals surface area contributed by atoms with Crippen molar-refractivity contribution in [1.82, 2.24) is 4.90 Å². The zero-order valence-corrected chi connectivity index (χ0v) is 5.25. The smallest absolute Gasteiger partial charge is 0.0789 e. The van der Waals surface area contributed by atoms with E-state index in [1.165, 1.54) is 0 Å². The zero-order valence-electron chi connectivity index (χ0n) is 5.25. The Labute approximate surface area is 55.7 Å². The molecule has 0 aromatic heterocycles. The highest BCUT2D eigenvalue weighted by Gasteiger charge is 1.93. The maximum Gasteiger partial charge on any atom is 0.0789 e. The molecule has 0 N–H and O–H groups in total. The number of rotatable bonds is 1. The molecule has 0 saturated carbocycles. The van der Waals surface area contributed by atoms with E-state index in [0.717, 1.165) is 6.54 Å². The van der Waals surface area contributed by atoms with Crippen molar-refractivity contribution in [2.75, 3.05) is 13.1 Å². The van der Waals surface area contributed by atoms with Gasteiger partial charge in [0.15, 0.2) is 0 Å². The summed E-state index contributed by atoms with van der Waals surface area (Å²) in [6.07, 6.45) is 13.2. The average Bonchev–Trinajstić information content (AvgIpc) is 1.91. The van der Waals surface area contributed by atoms with Crippen molar-refractivity contribution in [1.29, 1.82) is 0 Å². The summed E-state index contributed by atoms with van der Waals surface area (Å²) in [5.41, 5.74) is 0.